The lowest BCUT2D eigenvalue weighted by Gasteiger charge is -2.14. The van der Waals surface area contributed by atoms with E-state index in [1.807, 2.05) is 29.8 Å². The standard InChI is InChI=1S/C18H22N6O/c1-13-10-14(2)24(22-13)17-7-5-4-6-15(17)11-20-18(19-3)21-12-16-8-9-25-23-16/h4-10H,11-12H2,1-3H3,(H2,19,20,21). The molecular formula is C18H22N6O. The highest BCUT2D eigenvalue weighted by Gasteiger charge is 2.09. The van der Waals surface area contributed by atoms with Crippen molar-refractivity contribution < 1.29 is 4.52 Å². The highest BCUT2D eigenvalue weighted by Crippen LogP contribution is 2.16. The predicted molar refractivity (Wildman–Crippen MR) is 96.6 cm³/mol. The molecule has 0 saturated heterocycles. The molecule has 0 unspecified atom stereocenters. The van der Waals surface area contributed by atoms with Crippen LogP contribution in [0.25, 0.3) is 5.69 Å². The molecule has 7 heteroatoms. The van der Waals surface area contributed by atoms with Crippen LogP contribution in [0.5, 0.6) is 0 Å². The lowest BCUT2D eigenvalue weighted by molar-refractivity contribution is 0.410. The Morgan fingerprint density at radius 2 is 1.96 bits per heavy atom. The molecule has 0 radical (unpaired) electrons. The van der Waals surface area contributed by atoms with Gasteiger partial charge in [-0.3, -0.25) is 4.99 Å². The Morgan fingerprint density at radius 1 is 1.16 bits per heavy atom. The largest absolute Gasteiger partial charge is 0.364 e. The summed E-state index contributed by atoms with van der Waals surface area (Å²) in [5.41, 5.74) is 5.14. The smallest absolute Gasteiger partial charge is 0.191 e. The Kier molecular flexibility index (Phi) is 5.13. The van der Waals surface area contributed by atoms with E-state index in [0.29, 0.717) is 19.0 Å². The highest BCUT2D eigenvalue weighted by atomic mass is 16.5. The van der Waals surface area contributed by atoms with Crippen LogP contribution in [0.15, 0.2) is 52.2 Å². The molecule has 0 amide bonds. The fourth-order valence-corrected chi connectivity index (χ4v) is 2.64. The number of guanidine groups is 1. The molecule has 0 bridgehead atoms. The summed E-state index contributed by atoms with van der Waals surface area (Å²) >= 11 is 0. The average Bonchev–Trinajstić information content (AvgIpc) is 3.24. The summed E-state index contributed by atoms with van der Waals surface area (Å²) in [5.74, 6) is 0.700. The third kappa shape index (κ3) is 4.06. The monoisotopic (exact) mass is 338 g/mol. The molecule has 0 atom stereocenters. The second-order valence-corrected chi connectivity index (χ2v) is 5.74. The van der Waals surface area contributed by atoms with Crippen LogP contribution in [0, 0.1) is 13.8 Å². The molecule has 130 valence electrons. The number of aryl methyl sites for hydroxylation is 2. The zero-order chi connectivity index (χ0) is 17.6. The molecular weight excluding hydrogens is 316 g/mol. The van der Waals surface area contributed by atoms with E-state index >= 15 is 0 Å². The van der Waals surface area contributed by atoms with Crippen molar-refractivity contribution in [3.05, 3.63) is 65.3 Å². The first-order chi connectivity index (χ1) is 12.2. The lowest BCUT2D eigenvalue weighted by Crippen LogP contribution is -2.36. The first-order valence-corrected chi connectivity index (χ1v) is 8.12. The van der Waals surface area contributed by atoms with Crippen molar-refractivity contribution in [2.24, 2.45) is 4.99 Å². The number of nitrogens with one attached hydrogen (secondary N) is 2. The van der Waals surface area contributed by atoms with E-state index in [1.54, 1.807) is 13.3 Å². The maximum Gasteiger partial charge on any atom is 0.191 e. The number of aliphatic imine (C=N–C) groups is 1. The Hall–Kier alpha value is -3.09. The van der Waals surface area contributed by atoms with Crippen LogP contribution < -0.4 is 10.6 Å². The predicted octanol–water partition coefficient (Wildman–Crippen LogP) is 2.34. The molecule has 2 N–H and O–H groups in total. The first-order valence-electron chi connectivity index (χ1n) is 8.12. The maximum atomic E-state index is 4.83. The van der Waals surface area contributed by atoms with Crippen molar-refractivity contribution in [1.29, 1.82) is 0 Å². The van der Waals surface area contributed by atoms with Gasteiger partial charge < -0.3 is 15.2 Å². The van der Waals surface area contributed by atoms with Gasteiger partial charge in [-0.15, -0.1) is 0 Å². The van der Waals surface area contributed by atoms with E-state index < -0.39 is 0 Å². The minimum Gasteiger partial charge on any atom is -0.364 e. The molecule has 1 aromatic carbocycles. The second kappa shape index (κ2) is 7.65. The fourth-order valence-electron chi connectivity index (χ4n) is 2.64. The van der Waals surface area contributed by atoms with Crippen molar-refractivity contribution in [1.82, 2.24) is 25.6 Å². The minimum atomic E-state index is 0.551. The van der Waals surface area contributed by atoms with Crippen LogP contribution in [-0.4, -0.2) is 27.9 Å². The van der Waals surface area contributed by atoms with Gasteiger partial charge in [0.15, 0.2) is 5.96 Å². The summed E-state index contributed by atoms with van der Waals surface area (Å²) in [7, 11) is 1.74. The lowest BCUT2D eigenvalue weighted by atomic mass is 10.1. The van der Waals surface area contributed by atoms with Crippen LogP contribution >= 0.6 is 0 Å². The quantitative estimate of drug-likeness (QED) is 0.551. The number of hydrogen-bond acceptors (Lipinski definition) is 4. The molecule has 0 aliphatic rings. The molecule has 0 aliphatic carbocycles. The molecule has 7 nitrogen and oxygen atoms in total. The summed E-state index contributed by atoms with van der Waals surface area (Å²) < 4.78 is 6.80. The van der Waals surface area contributed by atoms with Crippen molar-refractivity contribution in [2.75, 3.05) is 7.05 Å². The molecule has 0 spiro atoms. The van der Waals surface area contributed by atoms with Gasteiger partial charge >= 0.3 is 0 Å². The molecule has 2 aromatic heterocycles. The van der Waals surface area contributed by atoms with Gasteiger partial charge in [-0.1, -0.05) is 23.4 Å². The van der Waals surface area contributed by atoms with E-state index in [0.717, 1.165) is 28.3 Å². The summed E-state index contributed by atoms with van der Waals surface area (Å²) in [6, 6.07) is 12.1. The first kappa shape index (κ1) is 16.8. The number of nitrogens with zero attached hydrogens (tertiary/aromatic N) is 4. The van der Waals surface area contributed by atoms with Gasteiger partial charge in [-0.2, -0.15) is 5.10 Å². The van der Waals surface area contributed by atoms with Crippen molar-refractivity contribution in [3.8, 4) is 5.69 Å². The fraction of sp³-hybridized carbons (Fsp3) is 0.278. The number of benzene rings is 1. The molecule has 0 fully saturated rings. The van der Waals surface area contributed by atoms with Gasteiger partial charge in [-0.05, 0) is 31.5 Å². The molecule has 0 saturated carbocycles. The molecule has 0 aliphatic heterocycles. The van der Waals surface area contributed by atoms with Crippen LogP contribution in [0.3, 0.4) is 0 Å². The average molecular weight is 338 g/mol. The van der Waals surface area contributed by atoms with Crippen LogP contribution in [-0.2, 0) is 13.1 Å². The number of hydrogen-bond donors (Lipinski definition) is 2. The molecule has 2 heterocycles. The van der Waals surface area contributed by atoms with E-state index in [1.165, 1.54) is 0 Å². The summed E-state index contributed by atoms with van der Waals surface area (Å²) in [4.78, 5) is 4.24. The minimum absolute atomic E-state index is 0.551. The van der Waals surface area contributed by atoms with Crippen LogP contribution in [0.1, 0.15) is 22.6 Å². The van der Waals surface area contributed by atoms with Gasteiger partial charge in [0, 0.05) is 25.4 Å². The van der Waals surface area contributed by atoms with Gasteiger partial charge in [0.2, 0.25) is 0 Å². The third-order valence-electron chi connectivity index (χ3n) is 3.83. The van der Waals surface area contributed by atoms with Crippen LogP contribution in [0.4, 0.5) is 0 Å². The summed E-state index contributed by atoms with van der Waals surface area (Å²) in [6.07, 6.45) is 1.55. The Morgan fingerprint density at radius 3 is 2.64 bits per heavy atom. The normalized spacial score (nSPS) is 11.6. The van der Waals surface area contributed by atoms with Gasteiger partial charge in [0.05, 0.1) is 17.9 Å². The number of para-hydroxylation sites is 1. The van der Waals surface area contributed by atoms with Crippen LogP contribution in [0.2, 0.25) is 0 Å². The number of aromatic nitrogens is 3. The van der Waals surface area contributed by atoms with Crippen molar-refractivity contribution in [2.45, 2.75) is 26.9 Å². The second-order valence-electron chi connectivity index (χ2n) is 5.74. The van der Waals surface area contributed by atoms with Gasteiger partial charge in [0.25, 0.3) is 0 Å². The van der Waals surface area contributed by atoms with E-state index in [4.69, 9.17) is 4.52 Å². The highest BCUT2D eigenvalue weighted by molar-refractivity contribution is 5.79. The zero-order valence-corrected chi connectivity index (χ0v) is 14.7. The van der Waals surface area contributed by atoms with Crippen molar-refractivity contribution >= 4 is 5.96 Å². The molecule has 3 rings (SSSR count). The van der Waals surface area contributed by atoms with E-state index in [2.05, 4.69) is 51.0 Å². The van der Waals surface area contributed by atoms with E-state index in [9.17, 15) is 0 Å². The Labute approximate surface area is 146 Å². The van der Waals surface area contributed by atoms with Gasteiger partial charge in [-0.25, -0.2) is 4.68 Å². The topological polar surface area (TPSA) is 80.3 Å². The van der Waals surface area contributed by atoms with E-state index in [-0.39, 0.29) is 0 Å². The van der Waals surface area contributed by atoms with Gasteiger partial charge in [0.1, 0.15) is 12.0 Å². The third-order valence-corrected chi connectivity index (χ3v) is 3.83. The summed E-state index contributed by atoms with van der Waals surface area (Å²) in [5, 5.41) is 15.0. The number of rotatable bonds is 5. The maximum absolute atomic E-state index is 4.83. The zero-order valence-electron chi connectivity index (χ0n) is 14.7. The summed E-state index contributed by atoms with van der Waals surface area (Å²) in [6.45, 7) is 5.24. The molecule has 3 aromatic rings. The van der Waals surface area contributed by atoms with Crippen molar-refractivity contribution in [3.63, 3.8) is 0 Å². The molecule has 25 heavy (non-hydrogen) atoms. The Balaban J connectivity index is 1.69. The Bertz CT molecular complexity index is 850. The SMILES string of the molecule is CN=C(NCc1ccon1)NCc1ccccc1-n1nc(C)cc1C.